The SMILES string of the molecule is Cc1ccc(-c2nc(C(=O)NCc3ccccc3)n(C)c2-c2ccc(C)cc2)cc1.[HH]. The first-order valence-corrected chi connectivity index (χ1v) is 10.1. The van der Waals surface area contributed by atoms with E-state index in [1.54, 1.807) is 0 Å². The molecule has 1 heterocycles. The number of nitrogens with one attached hydrogen (secondary N) is 1. The summed E-state index contributed by atoms with van der Waals surface area (Å²) in [7, 11) is 1.90. The lowest BCUT2D eigenvalue weighted by Crippen LogP contribution is -2.25. The van der Waals surface area contributed by atoms with Crippen LogP contribution >= 0.6 is 0 Å². The van der Waals surface area contributed by atoms with Crippen LogP contribution in [0.5, 0.6) is 0 Å². The van der Waals surface area contributed by atoms with Crippen LogP contribution in [0.1, 0.15) is 28.7 Å². The van der Waals surface area contributed by atoms with Crippen LogP contribution in [0.3, 0.4) is 0 Å². The molecule has 4 nitrogen and oxygen atoms in total. The molecule has 4 rings (SSSR count). The first-order chi connectivity index (χ1) is 14.5. The van der Waals surface area contributed by atoms with Gasteiger partial charge in [0.25, 0.3) is 5.91 Å². The number of aromatic nitrogens is 2. The molecule has 30 heavy (non-hydrogen) atoms. The topological polar surface area (TPSA) is 46.9 Å². The normalized spacial score (nSPS) is 10.8. The maximum Gasteiger partial charge on any atom is 0.287 e. The third-order valence-electron chi connectivity index (χ3n) is 5.24. The summed E-state index contributed by atoms with van der Waals surface area (Å²) in [5.74, 6) is 0.213. The van der Waals surface area contributed by atoms with E-state index in [1.165, 1.54) is 11.1 Å². The number of imidazole rings is 1. The van der Waals surface area contributed by atoms with Crippen molar-refractivity contribution in [3.63, 3.8) is 0 Å². The molecule has 1 aromatic heterocycles. The van der Waals surface area contributed by atoms with Gasteiger partial charge >= 0.3 is 0 Å². The van der Waals surface area contributed by atoms with Crippen LogP contribution in [-0.2, 0) is 13.6 Å². The Morgan fingerprint density at radius 3 is 2.03 bits per heavy atom. The molecule has 0 unspecified atom stereocenters. The minimum Gasteiger partial charge on any atom is -0.345 e. The van der Waals surface area contributed by atoms with Crippen LogP contribution in [0.4, 0.5) is 0 Å². The molecule has 3 aromatic carbocycles. The number of carbonyl (C=O) groups is 1. The summed E-state index contributed by atoms with van der Waals surface area (Å²) in [6, 6.07) is 26.4. The number of nitrogens with zero attached hydrogens (tertiary/aromatic N) is 2. The second-order valence-corrected chi connectivity index (χ2v) is 7.59. The van der Waals surface area contributed by atoms with Crippen molar-refractivity contribution in [2.24, 2.45) is 7.05 Å². The van der Waals surface area contributed by atoms with Crippen LogP contribution < -0.4 is 5.32 Å². The molecule has 0 radical (unpaired) electrons. The molecule has 0 atom stereocenters. The number of rotatable bonds is 5. The maximum absolute atomic E-state index is 13.0. The summed E-state index contributed by atoms with van der Waals surface area (Å²) < 4.78 is 1.89. The number of hydrogen-bond donors (Lipinski definition) is 1. The summed E-state index contributed by atoms with van der Waals surface area (Å²) >= 11 is 0. The van der Waals surface area contributed by atoms with E-state index < -0.39 is 0 Å². The van der Waals surface area contributed by atoms with Crippen LogP contribution in [0, 0.1) is 13.8 Å². The zero-order valence-corrected chi connectivity index (χ0v) is 17.5. The van der Waals surface area contributed by atoms with E-state index in [4.69, 9.17) is 4.98 Å². The number of aryl methyl sites for hydroxylation is 2. The van der Waals surface area contributed by atoms with Gasteiger partial charge in [-0.2, -0.15) is 0 Å². The minimum absolute atomic E-state index is 0. The highest BCUT2D eigenvalue weighted by atomic mass is 16.2. The Labute approximate surface area is 178 Å². The average Bonchev–Trinajstić information content (AvgIpc) is 3.11. The van der Waals surface area contributed by atoms with Crippen LogP contribution in [0.15, 0.2) is 78.9 Å². The Morgan fingerprint density at radius 1 is 0.867 bits per heavy atom. The average molecular weight is 398 g/mol. The summed E-state index contributed by atoms with van der Waals surface area (Å²) in [6.45, 7) is 4.59. The predicted molar refractivity (Wildman–Crippen MR) is 123 cm³/mol. The van der Waals surface area contributed by atoms with Gasteiger partial charge in [0, 0.05) is 26.1 Å². The molecule has 0 spiro atoms. The Balaban J connectivity index is 0.00000272. The van der Waals surface area contributed by atoms with Crippen molar-refractivity contribution >= 4 is 5.91 Å². The maximum atomic E-state index is 13.0. The molecule has 0 saturated carbocycles. The fourth-order valence-electron chi connectivity index (χ4n) is 3.51. The van der Waals surface area contributed by atoms with E-state index in [1.807, 2.05) is 41.9 Å². The number of amides is 1. The fraction of sp³-hybridized carbons (Fsp3) is 0.154. The second-order valence-electron chi connectivity index (χ2n) is 7.59. The monoisotopic (exact) mass is 397 g/mol. The lowest BCUT2D eigenvalue weighted by atomic mass is 10.0. The fourth-order valence-corrected chi connectivity index (χ4v) is 3.51. The first-order valence-electron chi connectivity index (χ1n) is 10.1. The standard InChI is InChI=1S/C26H25N3O.H2/c1-18-9-13-21(14-10-18)23-24(22-15-11-19(2)12-16-22)29(3)25(28-23)26(30)27-17-20-7-5-4-6-8-20;/h4-16H,17H2,1-3H3,(H,27,30);1H. The third kappa shape index (κ3) is 4.03. The van der Waals surface area contributed by atoms with E-state index in [0.717, 1.165) is 28.1 Å². The van der Waals surface area contributed by atoms with Gasteiger partial charge < -0.3 is 9.88 Å². The lowest BCUT2D eigenvalue weighted by Gasteiger charge is -2.09. The van der Waals surface area contributed by atoms with Gasteiger partial charge in [-0.15, -0.1) is 0 Å². The molecular formula is C26H27N3O. The highest BCUT2D eigenvalue weighted by molar-refractivity contribution is 5.94. The van der Waals surface area contributed by atoms with Gasteiger partial charge in [-0.05, 0) is 19.4 Å². The van der Waals surface area contributed by atoms with Crippen LogP contribution in [-0.4, -0.2) is 15.5 Å². The Morgan fingerprint density at radius 2 is 1.43 bits per heavy atom. The van der Waals surface area contributed by atoms with E-state index in [9.17, 15) is 4.79 Å². The molecule has 152 valence electrons. The molecule has 1 amide bonds. The summed E-state index contributed by atoms with van der Waals surface area (Å²) in [6.07, 6.45) is 0. The van der Waals surface area contributed by atoms with Gasteiger partial charge in [0.1, 0.15) is 0 Å². The third-order valence-corrected chi connectivity index (χ3v) is 5.24. The molecular weight excluding hydrogens is 370 g/mol. The first kappa shape index (κ1) is 19.6. The lowest BCUT2D eigenvalue weighted by molar-refractivity contribution is 0.0937. The van der Waals surface area contributed by atoms with Gasteiger partial charge in [0.2, 0.25) is 0 Å². The Hall–Kier alpha value is -3.66. The van der Waals surface area contributed by atoms with Crippen LogP contribution in [0.2, 0.25) is 0 Å². The Bertz CT molecular complexity index is 1160. The van der Waals surface area contributed by atoms with E-state index in [0.29, 0.717) is 12.4 Å². The van der Waals surface area contributed by atoms with Gasteiger partial charge in [-0.25, -0.2) is 4.98 Å². The molecule has 1 N–H and O–H groups in total. The van der Waals surface area contributed by atoms with Crippen molar-refractivity contribution < 1.29 is 6.22 Å². The number of hydrogen-bond acceptors (Lipinski definition) is 2. The van der Waals surface area contributed by atoms with Crippen molar-refractivity contribution in [2.75, 3.05) is 0 Å². The molecule has 4 heteroatoms. The zero-order valence-electron chi connectivity index (χ0n) is 17.5. The van der Waals surface area contributed by atoms with Crippen molar-refractivity contribution in [3.05, 3.63) is 101 Å². The molecule has 0 saturated heterocycles. The predicted octanol–water partition coefficient (Wildman–Crippen LogP) is 5.55. The highest BCUT2D eigenvalue weighted by Crippen LogP contribution is 2.32. The molecule has 0 bridgehead atoms. The van der Waals surface area contributed by atoms with Crippen molar-refractivity contribution in [1.82, 2.24) is 14.9 Å². The smallest absolute Gasteiger partial charge is 0.287 e. The molecule has 0 aliphatic heterocycles. The number of carbonyl (C=O) groups excluding carboxylic acids is 1. The van der Waals surface area contributed by atoms with Gasteiger partial charge in [-0.1, -0.05) is 90.0 Å². The largest absolute Gasteiger partial charge is 0.345 e. The number of benzene rings is 3. The molecule has 0 aliphatic carbocycles. The van der Waals surface area contributed by atoms with Gasteiger partial charge in [0.15, 0.2) is 5.82 Å². The van der Waals surface area contributed by atoms with E-state index >= 15 is 0 Å². The quantitative estimate of drug-likeness (QED) is 0.480. The van der Waals surface area contributed by atoms with Crippen molar-refractivity contribution in [3.8, 4) is 22.5 Å². The summed E-state index contributed by atoms with van der Waals surface area (Å²) in [5.41, 5.74) is 7.21. The highest BCUT2D eigenvalue weighted by Gasteiger charge is 2.22. The van der Waals surface area contributed by atoms with Crippen molar-refractivity contribution in [1.29, 1.82) is 0 Å². The molecule has 0 aliphatic rings. The van der Waals surface area contributed by atoms with Crippen LogP contribution in [0.25, 0.3) is 22.5 Å². The van der Waals surface area contributed by atoms with Crippen molar-refractivity contribution in [2.45, 2.75) is 20.4 Å². The van der Waals surface area contributed by atoms with Gasteiger partial charge in [-0.3, -0.25) is 4.79 Å². The summed E-state index contributed by atoms with van der Waals surface area (Å²) in [4.78, 5) is 17.8. The van der Waals surface area contributed by atoms with E-state index in [-0.39, 0.29) is 7.33 Å². The van der Waals surface area contributed by atoms with E-state index in [2.05, 4.69) is 67.7 Å². The minimum atomic E-state index is -0.187. The molecule has 0 fully saturated rings. The summed E-state index contributed by atoms with van der Waals surface area (Å²) in [5, 5.41) is 3.00. The molecule has 4 aromatic rings. The second kappa shape index (κ2) is 8.37. The Kier molecular flexibility index (Phi) is 5.48. The van der Waals surface area contributed by atoms with Gasteiger partial charge in [0.05, 0.1) is 11.4 Å². The zero-order chi connectivity index (χ0) is 21.1.